The Morgan fingerprint density at radius 1 is 1.09 bits per heavy atom. The van der Waals surface area contributed by atoms with Crippen molar-refractivity contribution in [2.24, 2.45) is 0 Å². The van der Waals surface area contributed by atoms with Crippen molar-refractivity contribution in [3.63, 3.8) is 0 Å². The highest BCUT2D eigenvalue weighted by Crippen LogP contribution is 2.22. The van der Waals surface area contributed by atoms with Crippen LogP contribution in [0.3, 0.4) is 0 Å². The summed E-state index contributed by atoms with van der Waals surface area (Å²) in [6, 6.07) is 15.3. The van der Waals surface area contributed by atoms with Crippen LogP contribution in [0.25, 0.3) is 0 Å². The van der Waals surface area contributed by atoms with Gasteiger partial charge in [-0.15, -0.1) is 0 Å². The summed E-state index contributed by atoms with van der Waals surface area (Å²) in [7, 11) is 1.70. The number of benzene rings is 2. The minimum absolute atomic E-state index is 0.110. The van der Waals surface area contributed by atoms with Gasteiger partial charge in [-0.2, -0.15) is 0 Å². The summed E-state index contributed by atoms with van der Waals surface area (Å²) in [5, 5.41) is 6.01. The van der Waals surface area contributed by atoms with Gasteiger partial charge in [-0.25, -0.2) is 0 Å². The van der Waals surface area contributed by atoms with Crippen LogP contribution in [0.4, 0.5) is 5.69 Å². The van der Waals surface area contributed by atoms with Crippen LogP contribution in [0.5, 0.6) is 5.75 Å². The van der Waals surface area contributed by atoms with Crippen molar-refractivity contribution in [3.05, 3.63) is 59.7 Å². The topological polar surface area (TPSA) is 79.9 Å². The summed E-state index contributed by atoms with van der Waals surface area (Å²) in [6.07, 6.45) is 3.04. The molecule has 0 aromatic heterocycles. The van der Waals surface area contributed by atoms with Gasteiger partial charge in [0.1, 0.15) is 11.9 Å². The van der Waals surface area contributed by atoms with Crippen molar-refractivity contribution in [1.82, 2.24) is 10.2 Å². The van der Waals surface area contributed by atoms with E-state index in [4.69, 9.17) is 9.47 Å². The maximum atomic E-state index is 12.8. The van der Waals surface area contributed by atoms with Gasteiger partial charge in [0, 0.05) is 49.1 Å². The van der Waals surface area contributed by atoms with Crippen LogP contribution in [0.2, 0.25) is 0 Å². The quantitative estimate of drug-likeness (QED) is 0.695. The number of likely N-dealkylation sites (tertiary alicyclic amines) is 1. The first kappa shape index (κ1) is 22.3. The third-order valence-corrected chi connectivity index (χ3v) is 6.12. The second-order valence-corrected chi connectivity index (χ2v) is 8.41. The van der Waals surface area contributed by atoms with E-state index in [2.05, 4.69) is 21.6 Å². The number of methoxy groups -OCH3 is 1. The van der Waals surface area contributed by atoms with Gasteiger partial charge in [0.25, 0.3) is 11.8 Å². The van der Waals surface area contributed by atoms with E-state index in [9.17, 15) is 9.59 Å². The molecule has 0 saturated carbocycles. The highest BCUT2D eigenvalue weighted by molar-refractivity contribution is 5.98. The maximum Gasteiger partial charge on any atom is 0.253 e. The number of rotatable bonds is 7. The second kappa shape index (κ2) is 10.6. The highest BCUT2D eigenvalue weighted by Gasteiger charge is 2.24. The zero-order valence-corrected chi connectivity index (χ0v) is 18.5. The van der Waals surface area contributed by atoms with Gasteiger partial charge in [-0.1, -0.05) is 24.3 Å². The molecule has 2 aromatic rings. The number of carbonyl (C=O) groups is 2. The Hall–Kier alpha value is -2.90. The lowest BCUT2D eigenvalue weighted by Crippen LogP contribution is -2.44. The number of nitrogens with zero attached hydrogens (tertiary/aromatic N) is 1. The number of hydrogen-bond donors (Lipinski definition) is 2. The molecular weight excluding hydrogens is 406 g/mol. The molecule has 7 nitrogen and oxygen atoms in total. The molecule has 1 atom stereocenters. The van der Waals surface area contributed by atoms with E-state index in [0.717, 1.165) is 51.1 Å². The number of nitrogens with one attached hydrogen (secondary N) is 2. The molecule has 0 aliphatic carbocycles. The number of anilines is 1. The minimum Gasteiger partial charge on any atom is -0.496 e. The Morgan fingerprint density at radius 2 is 1.91 bits per heavy atom. The first-order chi connectivity index (χ1) is 15.6. The predicted octanol–water partition coefficient (Wildman–Crippen LogP) is 3.21. The summed E-state index contributed by atoms with van der Waals surface area (Å²) >= 11 is 0. The first-order valence-corrected chi connectivity index (χ1v) is 11.3. The first-order valence-electron chi connectivity index (χ1n) is 11.3. The van der Waals surface area contributed by atoms with Crippen molar-refractivity contribution in [2.75, 3.05) is 32.1 Å². The van der Waals surface area contributed by atoms with Crippen LogP contribution in [-0.4, -0.2) is 55.7 Å². The van der Waals surface area contributed by atoms with E-state index >= 15 is 0 Å². The average molecular weight is 438 g/mol. The largest absolute Gasteiger partial charge is 0.496 e. The molecule has 2 N–H and O–H groups in total. The molecule has 0 spiro atoms. The molecule has 2 amide bonds. The van der Waals surface area contributed by atoms with Crippen molar-refractivity contribution in [2.45, 2.75) is 44.4 Å². The molecule has 170 valence electrons. The molecule has 0 radical (unpaired) electrons. The zero-order chi connectivity index (χ0) is 22.3. The summed E-state index contributed by atoms with van der Waals surface area (Å²) in [5.41, 5.74) is 2.34. The molecule has 2 aliphatic rings. The molecular formula is C25H31N3O4. The Kier molecular flexibility index (Phi) is 7.39. The standard InChI is InChI=1S/C25H31N3O4/c1-31-22-9-3-2-6-19(22)17-28-13-11-20(12-14-28)26-24(29)18-7-4-8-21(16-18)27-25(30)23-10-5-15-32-23/h2-4,6-9,16,20,23H,5,10-15,17H2,1H3,(H,26,29)(H,27,30). The van der Waals surface area contributed by atoms with Gasteiger partial charge in [0.15, 0.2) is 0 Å². The fourth-order valence-corrected chi connectivity index (χ4v) is 4.32. The van der Waals surface area contributed by atoms with Gasteiger partial charge in [0.05, 0.1) is 7.11 Å². The van der Waals surface area contributed by atoms with Crippen LogP contribution in [0.1, 0.15) is 41.6 Å². The predicted molar refractivity (Wildman–Crippen MR) is 123 cm³/mol. The van der Waals surface area contributed by atoms with Crippen molar-refractivity contribution >= 4 is 17.5 Å². The van der Waals surface area contributed by atoms with Gasteiger partial charge in [0.2, 0.25) is 0 Å². The molecule has 7 heteroatoms. The fraction of sp³-hybridized carbons (Fsp3) is 0.440. The molecule has 2 saturated heterocycles. The normalized spacial score (nSPS) is 19.5. The summed E-state index contributed by atoms with van der Waals surface area (Å²) in [6.45, 7) is 3.30. The molecule has 2 aliphatic heterocycles. The lowest BCUT2D eigenvalue weighted by molar-refractivity contribution is -0.124. The van der Waals surface area contributed by atoms with E-state index in [-0.39, 0.29) is 17.9 Å². The Labute approximate surface area is 189 Å². The molecule has 4 rings (SSSR count). The molecule has 1 unspecified atom stereocenters. The number of ether oxygens (including phenoxy) is 2. The minimum atomic E-state index is -0.395. The molecule has 2 fully saturated rings. The number of amides is 2. The van der Waals surface area contributed by atoms with Crippen molar-refractivity contribution in [1.29, 1.82) is 0 Å². The third-order valence-electron chi connectivity index (χ3n) is 6.12. The molecule has 2 heterocycles. The SMILES string of the molecule is COc1ccccc1CN1CCC(NC(=O)c2cccc(NC(=O)C3CCCO3)c2)CC1. The summed E-state index contributed by atoms with van der Waals surface area (Å²) < 4.78 is 10.9. The van der Waals surface area contributed by atoms with Crippen LogP contribution >= 0.6 is 0 Å². The maximum absolute atomic E-state index is 12.8. The van der Waals surface area contributed by atoms with E-state index in [1.807, 2.05) is 18.2 Å². The number of para-hydroxylation sites is 1. The van der Waals surface area contributed by atoms with Gasteiger partial charge < -0.3 is 20.1 Å². The van der Waals surface area contributed by atoms with Crippen LogP contribution in [0, 0.1) is 0 Å². The average Bonchev–Trinajstić information content (AvgIpc) is 3.36. The van der Waals surface area contributed by atoms with Gasteiger partial charge in [-0.3, -0.25) is 14.5 Å². The smallest absolute Gasteiger partial charge is 0.253 e. The van der Waals surface area contributed by atoms with Crippen LogP contribution in [-0.2, 0) is 16.1 Å². The van der Waals surface area contributed by atoms with E-state index in [0.29, 0.717) is 17.9 Å². The van der Waals surface area contributed by atoms with Gasteiger partial charge in [-0.05, 0) is 49.9 Å². The Balaban J connectivity index is 1.27. The van der Waals surface area contributed by atoms with Crippen LogP contribution < -0.4 is 15.4 Å². The Morgan fingerprint density at radius 3 is 2.66 bits per heavy atom. The monoisotopic (exact) mass is 437 g/mol. The number of hydrogen-bond acceptors (Lipinski definition) is 5. The number of piperidine rings is 1. The van der Waals surface area contributed by atoms with E-state index in [1.54, 1.807) is 31.4 Å². The molecule has 2 aromatic carbocycles. The van der Waals surface area contributed by atoms with Crippen LogP contribution in [0.15, 0.2) is 48.5 Å². The summed E-state index contributed by atoms with van der Waals surface area (Å²) in [5.74, 6) is 0.651. The molecule has 32 heavy (non-hydrogen) atoms. The highest BCUT2D eigenvalue weighted by atomic mass is 16.5. The number of carbonyl (C=O) groups excluding carboxylic acids is 2. The molecule has 0 bridgehead atoms. The second-order valence-electron chi connectivity index (χ2n) is 8.41. The lowest BCUT2D eigenvalue weighted by Gasteiger charge is -2.32. The van der Waals surface area contributed by atoms with Gasteiger partial charge >= 0.3 is 0 Å². The van der Waals surface area contributed by atoms with E-state index < -0.39 is 6.10 Å². The van der Waals surface area contributed by atoms with E-state index in [1.165, 1.54) is 5.56 Å². The zero-order valence-electron chi connectivity index (χ0n) is 18.5. The fourth-order valence-electron chi connectivity index (χ4n) is 4.32. The van der Waals surface area contributed by atoms with Crippen molar-refractivity contribution < 1.29 is 19.1 Å². The third kappa shape index (κ3) is 5.66. The van der Waals surface area contributed by atoms with Crippen molar-refractivity contribution in [3.8, 4) is 5.75 Å². The lowest BCUT2D eigenvalue weighted by atomic mass is 10.0. The summed E-state index contributed by atoms with van der Waals surface area (Å²) in [4.78, 5) is 27.4. The Bertz CT molecular complexity index is 934.